The van der Waals surface area contributed by atoms with E-state index in [4.69, 9.17) is 16.3 Å². The van der Waals surface area contributed by atoms with Crippen LogP contribution >= 0.6 is 23.4 Å². The minimum absolute atomic E-state index is 0.0127. The van der Waals surface area contributed by atoms with Crippen LogP contribution in [0.25, 0.3) is 0 Å². The van der Waals surface area contributed by atoms with Gasteiger partial charge in [0.2, 0.25) is 11.8 Å². The van der Waals surface area contributed by atoms with Crippen molar-refractivity contribution in [2.24, 2.45) is 0 Å². The molecule has 0 spiro atoms. The van der Waals surface area contributed by atoms with Crippen molar-refractivity contribution in [3.8, 4) is 5.75 Å². The number of nitrogens with one attached hydrogen (secondary N) is 1. The highest BCUT2D eigenvalue weighted by Gasteiger charge is 2.28. The van der Waals surface area contributed by atoms with E-state index in [1.54, 1.807) is 12.0 Å². The summed E-state index contributed by atoms with van der Waals surface area (Å²) in [7, 11) is 1.62. The van der Waals surface area contributed by atoms with E-state index in [1.165, 1.54) is 11.8 Å². The van der Waals surface area contributed by atoms with Crippen LogP contribution in [0, 0.1) is 0 Å². The highest BCUT2D eigenvalue weighted by atomic mass is 35.5. The normalized spacial score (nSPS) is 11.8. The van der Waals surface area contributed by atoms with Crippen molar-refractivity contribution in [3.63, 3.8) is 0 Å². The Morgan fingerprint density at radius 2 is 1.68 bits per heavy atom. The van der Waals surface area contributed by atoms with E-state index in [9.17, 15) is 9.59 Å². The van der Waals surface area contributed by atoms with Gasteiger partial charge in [-0.25, -0.2) is 0 Å². The summed E-state index contributed by atoms with van der Waals surface area (Å²) in [6.45, 7) is 6.14. The van der Waals surface area contributed by atoms with Crippen LogP contribution in [0.1, 0.15) is 38.3 Å². The Balaban J connectivity index is 2.12. The largest absolute Gasteiger partial charge is 0.497 e. The molecule has 31 heavy (non-hydrogen) atoms. The van der Waals surface area contributed by atoms with E-state index < -0.39 is 6.04 Å². The van der Waals surface area contributed by atoms with Gasteiger partial charge in [-0.3, -0.25) is 9.59 Å². The van der Waals surface area contributed by atoms with Gasteiger partial charge >= 0.3 is 0 Å². The molecule has 0 saturated heterocycles. The molecule has 1 N–H and O–H groups in total. The molecule has 2 amide bonds. The molecule has 0 aliphatic carbocycles. The predicted octanol–water partition coefficient (Wildman–Crippen LogP) is 4.91. The zero-order valence-corrected chi connectivity index (χ0v) is 20.1. The topological polar surface area (TPSA) is 58.6 Å². The fraction of sp³-hybridized carbons (Fsp3) is 0.417. The maximum absolute atomic E-state index is 13.2. The Hall–Kier alpha value is -2.18. The van der Waals surface area contributed by atoms with Gasteiger partial charge in [0.15, 0.2) is 0 Å². The molecule has 1 atom stereocenters. The quantitative estimate of drug-likeness (QED) is 0.515. The van der Waals surface area contributed by atoms with Crippen LogP contribution in [-0.4, -0.2) is 41.7 Å². The van der Waals surface area contributed by atoms with Crippen LogP contribution in [0.15, 0.2) is 48.5 Å². The summed E-state index contributed by atoms with van der Waals surface area (Å²) < 4.78 is 5.22. The second-order valence-corrected chi connectivity index (χ2v) is 9.00. The number of hydrogen-bond acceptors (Lipinski definition) is 4. The molecule has 0 heterocycles. The third-order valence-corrected chi connectivity index (χ3v) is 5.98. The first-order valence-electron chi connectivity index (χ1n) is 10.4. The number of amides is 2. The van der Waals surface area contributed by atoms with E-state index in [-0.39, 0.29) is 17.9 Å². The summed E-state index contributed by atoms with van der Waals surface area (Å²) in [5.74, 6) is 1.57. The van der Waals surface area contributed by atoms with Crippen molar-refractivity contribution in [2.45, 2.75) is 51.6 Å². The van der Waals surface area contributed by atoms with E-state index in [0.717, 1.165) is 16.9 Å². The van der Waals surface area contributed by atoms with E-state index in [2.05, 4.69) is 5.32 Å². The lowest BCUT2D eigenvalue weighted by atomic mass is 10.1. The minimum atomic E-state index is -0.520. The molecule has 5 nitrogen and oxygen atoms in total. The Morgan fingerprint density at radius 1 is 1.06 bits per heavy atom. The van der Waals surface area contributed by atoms with Crippen LogP contribution in [0.4, 0.5) is 0 Å². The van der Waals surface area contributed by atoms with Gasteiger partial charge in [0.05, 0.1) is 12.9 Å². The van der Waals surface area contributed by atoms with Gasteiger partial charge in [-0.2, -0.15) is 0 Å². The molecule has 0 unspecified atom stereocenters. The van der Waals surface area contributed by atoms with Crippen molar-refractivity contribution in [3.05, 3.63) is 64.7 Å². The average molecular weight is 463 g/mol. The molecule has 0 bridgehead atoms. The number of hydrogen-bond donors (Lipinski definition) is 1. The molecular formula is C24H31ClN2O3S. The van der Waals surface area contributed by atoms with Gasteiger partial charge < -0.3 is 15.0 Å². The average Bonchev–Trinajstić information content (AvgIpc) is 2.74. The second-order valence-electron chi connectivity index (χ2n) is 7.58. The van der Waals surface area contributed by atoms with Crippen molar-refractivity contribution in [2.75, 3.05) is 12.9 Å². The van der Waals surface area contributed by atoms with Crippen molar-refractivity contribution in [1.82, 2.24) is 10.2 Å². The zero-order valence-electron chi connectivity index (χ0n) is 18.6. The molecule has 0 fully saturated rings. The smallest absolute Gasteiger partial charge is 0.243 e. The monoisotopic (exact) mass is 462 g/mol. The Morgan fingerprint density at radius 3 is 2.23 bits per heavy atom. The van der Waals surface area contributed by atoms with Crippen molar-refractivity contribution >= 4 is 35.2 Å². The molecule has 0 aromatic heterocycles. The van der Waals surface area contributed by atoms with E-state index >= 15 is 0 Å². The summed E-state index contributed by atoms with van der Waals surface area (Å²) in [4.78, 5) is 27.7. The van der Waals surface area contributed by atoms with Crippen LogP contribution in [-0.2, 0) is 21.9 Å². The summed E-state index contributed by atoms with van der Waals surface area (Å²) in [5, 5.41) is 3.64. The van der Waals surface area contributed by atoms with Gasteiger partial charge in [-0.1, -0.05) is 42.8 Å². The second kappa shape index (κ2) is 12.6. The summed E-state index contributed by atoms with van der Waals surface area (Å²) in [6.07, 6.45) is 0.544. The number of benzene rings is 2. The Kier molecular flexibility index (Phi) is 10.2. The predicted molar refractivity (Wildman–Crippen MR) is 129 cm³/mol. The van der Waals surface area contributed by atoms with Crippen LogP contribution in [0.3, 0.4) is 0 Å². The molecule has 0 radical (unpaired) electrons. The maximum Gasteiger partial charge on any atom is 0.243 e. The lowest BCUT2D eigenvalue weighted by Crippen LogP contribution is -2.50. The first-order valence-corrected chi connectivity index (χ1v) is 11.9. The summed E-state index contributed by atoms with van der Waals surface area (Å²) >= 11 is 7.47. The summed E-state index contributed by atoms with van der Waals surface area (Å²) in [6, 6.07) is 14.7. The fourth-order valence-corrected chi connectivity index (χ4v) is 4.14. The summed E-state index contributed by atoms with van der Waals surface area (Å²) in [5.41, 5.74) is 2.06. The third-order valence-electron chi connectivity index (χ3n) is 4.74. The highest BCUT2D eigenvalue weighted by Crippen LogP contribution is 2.20. The molecule has 168 valence electrons. The number of nitrogens with zero attached hydrogens (tertiary/aromatic N) is 1. The van der Waals surface area contributed by atoms with E-state index in [0.29, 0.717) is 29.5 Å². The van der Waals surface area contributed by atoms with Crippen molar-refractivity contribution in [1.29, 1.82) is 0 Å². The van der Waals surface area contributed by atoms with Crippen molar-refractivity contribution < 1.29 is 14.3 Å². The van der Waals surface area contributed by atoms with Gasteiger partial charge in [-0.15, -0.1) is 11.8 Å². The lowest BCUT2D eigenvalue weighted by molar-refractivity contribution is -0.139. The SMILES string of the molecule is CC[C@@H](C(=O)NC(C)C)N(Cc1ccc(OC)cc1)C(=O)CSCc1ccc(Cl)cc1. The zero-order chi connectivity index (χ0) is 22.8. The van der Waals surface area contributed by atoms with Crippen LogP contribution in [0.5, 0.6) is 5.75 Å². The number of carbonyl (C=O) groups is 2. The maximum atomic E-state index is 13.2. The number of ether oxygens (including phenoxy) is 1. The minimum Gasteiger partial charge on any atom is -0.497 e. The fourth-order valence-electron chi connectivity index (χ4n) is 3.15. The van der Waals surface area contributed by atoms with Gasteiger partial charge in [0.25, 0.3) is 0 Å². The Bertz CT molecular complexity index is 841. The first-order chi connectivity index (χ1) is 14.8. The first kappa shape index (κ1) is 25.1. The van der Waals surface area contributed by atoms with E-state index in [1.807, 2.05) is 69.3 Å². The molecule has 7 heteroatoms. The molecular weight excluding hydrogens is 432 g/mol. The lowest BCUT2D eigenvalue weighted by Gasteiger charge is -2.31. The molecule has 0 aliphatic heterocycles. The molecule has 2 aromatic carbocycles. The number of methoxy groups -OCH3 is 1. The highest BCUT2D eigenvalue weighted by molar-refractivity contribution is 7.99. The number of rotatable bonds is 11. The van der Waals surface area contributed by atoms with Crippen LogP contribution in [0.2, 0.25) is 5.02 Å². The third kappa shape index (κ3) is 8.11. The number of thioether (sulfide) groups is 1. The Labute approximate surface area is 194 Å². The van der Waals surface area contributed by atoms with Gasteiger partial charge in [-0.05, 0) is 55.7 Å². The standard InChI is InChI=1S/C24H31ClN2O3S/c1-5-22(24(29)26-17(2)3)27(14-18-8-12-21(30-4)13-9-18)23(28)16-31-15-19-6-10-20(25)11-7-19/h6-13,17,22H,5,14-16H2,1-4H3,(H,26,29)/t22-/m0/s1. The molecule has 0 aliphatic rings. The van der Waals surface area contributed by atoms with Gasteiger partial charge in [0, 0.05) is 23.4 Å². The van der Waals surface area contributed by atoms with Gasteiger partial charge in [0.1, 0.15) is 11.8 Å². The molecule has 2 rings (SSSR count). The van der Waals surface area contributed by atoms with Crippen LogP contribution < -0.4 is 10.1 Å². The molecule has 2 aromatic rings. The number of carbonyl (C=O) groups excluding carboxylic acids is 2. The molecule has 0 saturated carbocycles. The number of halogens is 1.